The van der Waals surface area contributed by atoms with Crippen molar-refractivity contribution in [3.05, 3.63) is 0 Å². The molecule has 0 bridgehead atoms. The van der Waals surface area contributed by atoms with Crippen molar-refractivity contribution >= 4 is 60.8 Å². The van der Waals surface area contributed by atoms with E-state index in [2.05, 4.69) is 0 Å². The van der Waals surface area contributed by atoms with Crippen molar-refractivity contribution in [1.29, 1.82) is 0 Å². The van der Waals surface area contributed by atoms with Gasteiger partial charge in [0.1, 0.15) is 0 Å². The molecule has 0 aliphatic rings. The molecule has 0 atom stereocenters. The summed E-state index contributed by atoms with van der Waals surface area (Å²) in [5.74, 6) is -5.50. The second-order valence-electron chi connectivity index (χ2n) is 8.23. The maximum atomic E-state index is 9.85. The summed E-state index contributed by atoms with van der Waals surface area (Å²) in [6.45, 7) is 1.67. The van der Waals surface area contributed by atoms with E-state index >= 15 is 0 Å². The molecule has 0 aliphatic carbocycles. The molecule has 0 aromatic carbocycles. The standard InChI is InChI=1S/C7H18N2.4CH6O6P2/c8-6-4-2-1-3-5-7-9;4*2-8(3,4)1-9(5,6)7/h1-9H2;4*1H2,(H2,2,3,4)(H2,5,6,7). The highest BCUT2D eigenvalue weighted by Crippen LogP contribution is 2.53. The van der Waals surface area contributed by atoms with E-state index < -0.39 is 84.4 Å². The Hall–Kier alpha value is 1.12. The van der Waals surface area contributed by atoms with Crippen LogP contribution in [0, 0.1) is 0 Å². The van der Waals surface area contributed by atoms with E-state index in [-0.39, 0.29) is 0 Å². The molecule has 0 spiro atoms. The number of hydrogen-bond donors (Lipinski definition) is 18. The highest BCUT2D eigenvalue weighted by atomic mass is 31.3. The van der Waals surface area contributed by atoms with Gasteiger partial charge in [0, 0.05) is 0 Å². The van der Waals surface area contributed by atoms with Crippen LogP contribution in [0.3, 0.4) is 0 Å². The van der Waals surface area contributed by atoms with E-state index in [1.165, 1.54) is 32.1 Å². The van der Waals surface area contributed by atoms with Crippen LogP contribution < -0.4 is 11.5 Å². The Balaban J connectivity index is -0.000000148. The molecule has 0 saturated carbocycles. The topological polar surface area (TPSA) is 512 Å². The maximum absolute atomic E-state index is 9.85. The van der Waals surface area contributed by atoms with Crippen LogP contribution in [0.15, 0.2) is 0 Å². The van der Waals surface area contributed by atoms with Crippen molar-refractivity contribution in [2.75, 3.05) is 36.7 Å². The van der Waals surface area contributed by atoms with E-state index in [9.17, 15) is 36.5 Å². The maximum Gasteiger partial charge on any atom is 0.337 e. The fraction of sp³-hybridized carbons (Fsp3) is 1.00. The van der Waals surface area contributed by atoms with Crippen LogP contribution in [-0.2, 0) is 36.5 Å². The van der Waals surface area contributed by atoms with Crippen LogP contribution in [0.1, 0.15) is 32.1 Å². The highest BCUT2D eigenvalue weighted by molar-refractivity contribution is 7.70. The lowest BCUT2D eigenvalue weighted by Gasteiger charge is -2.03. The van der Waals surface area contributed by atoms with E-state index in [4.69, 9.17) is 89.8 Å². The first-order valence-electron chi connectivity index (χ1n) is 11.0. The second kappa shape index (κ2) is 24.3. The molecule has 0 aliphatic heterocycles. The molecule has 26 nitrogen and oxygen atoms in total. The Morgan fingerprint density at radius 3 is 0.444 bits per heavy atom. The Morgan fingerprint density at radius 1 is 0.267 bits per heavy atom. The van der Waals surface area contributed by atoms with Gasteiger partial charge in [0.2, 0.25) is 0 Å². The van der Waals surface area contributed by atoms with Gasteiger partial charge in [0.25, 0.3) is 0 Å². The third kappa shape index (κ3) is 86.6. The predicted molar refractivity (Wildman–Crippen MR) is 157 cm³/mol. The van der Waals surface area contributed by atoms with Crippen LogP contribution in [0.5, 0.6) is 0 Å². The molecule has 34 heteroatoms. The van der Waals surface area contributed by atoms with Gasteiger partial charge in [-0.2, -0.15) is 0 Å². The Morgan fingerprint density at radius 2 is 0.378 bits per heavy atom. The average molecular weight is 834 g/mol. The van der Waals surface area contributed by atoms with Gasteiger partial charge in [-0.15, -0.1) is 0 Å². The molecule has 280 valence electrons. The predicted octanol–water partition coefficient (Wildman–Crippen LogP) is -1.95. The summed E-state index contributed by atoms with van der Waals surface area (Å²) in [7, 11) is -36.4. The summed E-state index contributed by atoms with van der Waals surface area (Å²) in [4.78, 5) is 128. The molecule has 0 aromatic heterocycles. The monoisotopic (exact) mass is 834 g/mol. The van der Waals surface area contributed by atoms with E-state index in [0.717, 1.165) is 13.1 Å². The largest absolute Gasteiger partial charge is 0.337 e. The fourth-order valence-corrected chi connectivity index (χ4v) is 9.46. The van der Waals surface area contributed by atoms with Gasteiger partial charge in [-0.1, -0.05) is 19.3 Å². The lowest BCUT2D eigenvalue weighted by atomic mass is 10.1. The molecular formula is C11H42N2O24P8. The number of rotatable bonds is 14. The van der Waals surface area contributed by atoms with Crippen molar-refractivity contribution < 1.29 is 115 Å². The van der Waals surface area contributed by atoms with E-state index in [1.54, 1.807) is 0 Å². The summed E-state index contributed by atoms with van der Waals surface area (Å²) in [6, 6.07) is 0. The van der Waals surface area contributed by atoms with Crippen LogP contribution in [-0.4, -0.2) is 115 Å². The summed E-state index contributed by atoms with van der Waals surface area (Å²) in [5, 5.41) is 0. The van der Waals surface area contributed by atoms with Gasteiger partial charge < -0.3 is 89.8 Å². The van der Waals surface area contributed by atoms with Crippen LogP contribution in [0.4, 0.5) is 0 Å². The van der Waals surface area contributed by atoms with Gasteiger partial charge in [-0.25, -0.2) is 0 Å². The lowest BCUT2D eigenvalue weighted by Crippen LogP contribution is -1.99. The highest BCUT2D eigenvalue weighted by Gasteiger charge is 2.28. The summed E-state index contributed by atoms with van der Waals surface area (Å²) >= 11 is 0. The first-order chi connectivity index (χ1) is 19.2. The molecule has 0 saturated heterocycles. The molecule has 0 amide bonds. The lowest BCUT2D eigenvalue weighted by molar-refractivity contribution is 0.352. The molecule has 0 rings (SSSR count). The number of hydrogen-bond acceptors (Lipinski definition) is 10. The Kier molecular flexibility index (Phi) is 30.0. The summed E-state index contributed by atoms with van der Waals surface area (Å²) in [6.07, 6.45) is 6.19. The Labute approximate surface area is 256 Å². The number of unbranched alkanes of at least 4 members (excludes halogenated alkanes) is 4. The van der Waals surface area contributed by atoms with Crippen molar-refractivity contribution in [3.63, 3.8) is 0 Å². The summed E-state index contributed by atoms with van der Waals surface area (Å²) in [5.41, 5.74) is 10.6. The third-order valence-electron chi connectivity index (χ3n) is 2.88. The molecule has 0 fully saturated rings. The van der Waals surface area contributed by atoms with Crippen molar-refractivity contribution in [2.24, 2.45) is 11.5 Å². The smallest absolute Gasteiger partial charge is 0.330 e. The molecule has 0 aromatic rings. The van der Waals surface area contributed by atoms with Crippen molar-refractivity contribution in [3.8, 4) is 0 Å². The summed E-state index contributed by atoms with van der Waals surface area (Å²) < 4.78 is 78.8. The molecule has 0 radical (unpaired) electrons. The van der Waals surface area contributed by atoms with Crippen LogP contribution in [0.25, 0.3) is 0 Å². The zero-order chi connectivity index (χ0) is 37.8. The minimum absolute atomic E-state index is 0.836. The Bertz CT molecular complexity index is 907. The van der Waals surface area contributed by atoms with Crippen LogP contribution in [0.2, 0.25) is 0 Å². The fourth-order valence-electron chi connectivity index (χ4n) is 1.78. The molecule has 0 heterocycles. The van der Waals surface area contributed by atoms with Gasteiger partial charge in [-0.05, 0) is 25.9 Å². The molecule has 20 N–H and O–H groups in total. The normalized spacial score (nSPS) is 13.0. The third-order valence-corrected chi connectivity index (χ3v) is 14.7. The van der Waals surface area contributed by atoms with Crippen molar-refractivity contribution in [1.82, 2.24) is 0 Å². The zero-order valence-corrected chi connectivity index (χ0v) is 30.1. The van der Waals surface area contributed by atoms with E-state index in [1.807, 2.05) is 0 Å². The second-order valence-corrected chi connectivity index (χ2v) is 23.4. The first-order valence-corrected chi connectivity index (χ1v) is 25.4. The van der Waals surface area contributed by atoms with Crippen molar-refractivity contribution in [2.45, 2.75) is 32.1 Å². The van der Waals surface area contributed by atoms with Gasteiger partial charge in [0.05, 0.1) is 0 Å². The minimum atomic E-state index is -4.55. The van der Waals surface area contributed by atoms with Gasteiger partial charge in [-0.3, -0.25) is 36.5 Å². The molecular weight excluding hydrogens is 792 g/mol. The zero-order valence-electron chi connectivity index (χ0n) is 22.9. The average Bonchev–Trinajstić information content (AvgIpc) is 2.58. The molecule has 45 heavy (non-hydrogen) atoms. The molecule has 0 unspecified atom stereocenters. The number of nitrogens with two attached hydrogens (primary N) is 2. The minimum Gasteiger partial charge on any atom is -0.330 e. The SMILES string of the molecule is NCCCCCCCN.O=P(O)(O)CP(=O)(O)O.O=P(O)(O)CP(=O)(O)O.O=P(O)(O)CP(=O)(O)O.O=P(O)(O)CP(=O)(O)O. The van der Waals surface area contributed by atoms with Crippen LogP contribution >= 0.6 is 60.8 Å². The van der Waals surface area contributed by atoms with E-state index in [0.29, 0.717) is 0 Å². The van der Waals surface area contributed by atoms with Gasteiger partial charge >= 0.3 is 60.8 Å². The quantitative estimate of drug-likeness (QED) is 0.0668. The van der Waals surface area contributed by atoms with Gasteiger partial charge in [0.15, 0.2) is 23.6 Å². The first kappa shape index (κ1) is 55.5.